The molecule has 1 aliphatic rings. The average molecular weight is 282 g/mol. The van der Waals surface area contributed by atoms with E-state index in [1.54, 1.807) is 0 Å². The number of carbonyl (C=O) groups is 2. The average Bonchev–Trinajstić information content (AvgIpc) is 2.36. The van der Waals surface area contributed by atoms with Crippen molar-refractivity contribution in [2.24, 2.45) is 0 Å². The number of benzene rings is 1. The molecule has 1 fully saturated rings. The molecule has 0 radical (unpaired) electrons. The van der Waals surface area contributed by atoms with E-state index in [9.17, 15) is 13.8 Å². The molecule has 0 aliphatic carbocycles. The lowest BCUT2D eigenvalue weighted by Gasteiger charge is -2.27. The molecule has 1 saturated heterocycles. The second kappa shape index (κ2) is 5.97. The van der Waals surface area contributed by atoms with Gasteiger partial charge in [-0.3, -0.25) is 4.21 Å². The first-order chi connectivity index (χ1) is 9.06. The Labute approximate surface area is 113 Å². The van der Waals surface area contributed by atoms with Crippen LogP contribution in [0.4, 0.5) is 0 Å². The summed E-state index contributed by atoms with van der Waals surface area (Å²) in [6.45, 7) is 0. The van der Waals surface area contributed by atoms with Crippen LogP contribution in [0.3, 0.4) is 0 Å². The highest BCUT2D eigenvalue weighted by molar-refractivity contribution is 7.84. The van der Waals surface area contributed by atoms with Crippen LogP contribution < -0.4 is 0 Å². The summed E-state index contributed by atoms with van der Waals surface area (Å²) in [4.78, 5) is 23.4. The predicted octanol–water partition coefficient (Wildman–Crippen LogP) is 0.445. The van der Waals surface area contributed by atoms with Crippen molar-refractivity contribution in [3.63, 3.8) is 0 Å². The molecule has 0 bridgehead atoms. The third-order valence-corrected chi connectivity index (χ3v) is 3.46. The summed E-state index contributed by atoms with van der Waals surface area (Å²) in [6, 6.07) is 9.23. The van der Waals surface area contributed by atoms with Crippen LogP contribution in [-0.4, -0.2) is 40.4 Å². The molecule has 1 aliphatic heterocycles. The number of hydrogen-bond acceptors (Lipinski definition) is 5. The maximum Gasteiger partial charge on any atom is 0.349 e. The summed E-state index contributed by atoms with van der Waals surface area (Å²) < 4.78 is 21.1. The van der Waals surface area contributed by atoms with Crippen molar-refractivity contribution in [2.45, 2.75) is 18.6 Å². The number of esters is 2. The third kappa shape index (κ3) is 3.64. The zero-order valence-electron chi connectivity index (χ0n) is 10.4. The maximum atomic E-state index is 11.7. The Balaban J connectivity index is 2.00. The van der Waals surface area contributed by atoms with Gasteiger partial charge in [-0.05, 0) is 5.56 Å². The van der Waals surface area contributed by atoms with Gasteiger partial charge in [0.1, 0.15) is 0 Å². The number of carbonyl (C=O) groups excluding carboxylic acids is 2. The van der Waals surface area contributed by atoms with Crippen molar-refractivity contribution in [3.05, 3.63) is 35.9 Å². The van der Waals surface area contributed by atoms with Gasteiger partial charge in [0.25, 0.3) is 0 Å². The van der Waals surface area contributed by atoms with E-state index >= 15 is 0 Å². The van der Waals surface area contributed by atoms with Crippen LogP contribution in [0.5, 0.6) is 0 Å². The van der Waals surface area contributed by atoms with Gasteiger partial charge in [0, 0.05) is 23.5 Å². The van der Waals surface area contributed by atoms with Crippen LogP contribution in [-0.2, 0) is 36.3 Å². The summed E-state index contributed by atoms with van der Waals surface area (Å²) in [5.74, 6) is -1.24. The first kappa shape index (κ1) is 13.7. The molecular formula is C13H14O5S. The van der Waals surface area contributed by atoms with Crippen LogP contribution in [0.15, 0.2) is 30.3 Å². The SMILES string of the molecule is CS(=O)CC1OC(=O)C(Cc2ccccc2)OC1=O. The molecule has 0 spiro atoms. The van der Waals surface area contributed by atoms with Gasteiger partial charge in [-0.25, -0.2) is 9.59 Å². The quantitative estimate of drug-likeness (QED) is 0.750. The lowest BCUT2D eigenvalue weighted by molar-refractivity contribution is -0.192. The van der Waals surface area contributed by atoms with Gasteiger partial charge in [0.05, 0.1) is 5.75 Å². The molecule has 1 heterocycles. The molecule has 102 valence electrons. The maximum absolute atomic E-state index is 11.7. The smallest absolute Gasteiger partial charge is 0.349 e. The van der Waals surface area contributed by atoms with E-state index in [1.807, 2.05) is 30.3 Å². The Kier molecular flexibility index (Phi) is 4.31. The third-order valence-electron chi connectivity index (χ3n) is 2.69. The molecule has 2 rings (SSSR count). The van der Waals surface area contributed by atoms with Crippen molar-refractivity contribution < 1.29 is 23.3 Å². The largest absolute Gasteiger partial charge is 0.447 e. The normalized spacial score (nSPS) is 24.5. The van der Waals surface area contributed by atoms with Gasteiger partial charge in [-0.2, -0.15) is 0 Å². The Morgan fingerprint density at radius 3 is 2.26 bits per heavy atom. The van der Waals surface area contributed by atoms with Crippen LogP contribution in [0.2, 0.25) is 0 Å². The molecule has 0 N–H and O–H groups in total. The molecule has 0 saturated carbocycles. The van der Waals surface area contributed by atoms with Gasteiger partial charge in [-0.1, -0.05) is 30.3 Å². The molecule has 1 aromatic carbocycles. The minimum Gasteiger partial charge on any atom is -0.447 e. The fraction of sp³-hybridized carbons (Fsp3) is 0.385. The fourth-order valence-electron chi connectivity index (χ4n) is 1.80. The van der Waals surface area contributed by atoms with Crippen molar-refractivity contribution >= 4 is 22.7 Å². The molecule has 0 amide bonds. The molecule has 3 unspecified atom stereocenters. The van der Waals surface area contributed by atoms with Crippen molar-refractivity contribution in [1.29, 1.82) is 0 Å². The standard InChI is InChI=1S/C13H14O5S/c1-19(16)8-11-13(15)17-10(12(14)18-11)7-9-5-3-2-4-6-9/h2-6,10-11H,7-8H2,1H3. The number of rotatable bonds is 4. The topological polar surface area (TPSA) is 69.7 Å². The first-order valence-corrected chi connectivity index (χ1v) is 7.54. The van der Waals surface area contributed by atoms with Gasteiger partial charge in [0.15, 0.2) is 0 Å². The van der Waals surface area contributed by atoms with E-state index in [0.29, 0.717) is 0 Å². The van der Waals surface area contributed by atoms with E-state index in [1.165, 1.54) is 6.26 Å². The molecule has 0 aromatic heterocycles. The summed E-state index contributed by atoms with van der Waals surface area (Å²) in [5, 5.41) is 0. The van der Waals surface area contributed by atoms with E-state index < -0.39 is 34.9 Å². The summed E-state index contributed by atoms with van der Waals surface area (Å²) in [5.41, 5.74) is 0.884. The van der Waals surface area contributed by atoms with Crippen LogP contribution >= 0.6 is 0 Å². The van der Waals surface area contributed by atoms with Crippen molar-refractivity contribution in [3.8, 4) is 0 Å². The Morgan fingerprint density at radius 2 is 1.63 bits per heavy atom. The molecule has 1 aromatic rings. The van der Waals surface area contributed by atoms with Gasteiger partial charge >= 0.3 is 11.9 Å². The van der Waals surface area contributed by atoms with E-state index in [4.69, 9.17) is 9.47 Å². The van der Waals surface area contributed by atoms with E-state index in [0.717, 1.165) is 5.56 Å². The predicted molar refractivity (Wildman–Crippen MR) is 68.8 cm³/mol. The van der Waals surface area contributed by atoms with Crippen LogP contribution in [0.1, 0.15) is 5.56 Å². The van der Waals surface area contributed by atoms with Gasteiger partial charge < -0.3 is 9.47 Å². The summed E-state index contributed by atoms with van der Waals surface area (Å²) in [7, 11) is -1.23. The van der Waals surface area contributed by atoms with E-state index in [-0.39, 0.29) is 12.2 Å². The van der Waals surface area contributed by atoms with Gasteiger partial charge in [-0.15, -0.1) is 0 Å². The first-order valence-electron chi connectivity index (χ1n) is 5.81. The molecule has 5 nitrogen and oxygen atoms in total. The molecular weight excluding hydrogens is 268 g/mol. The minimum absolute atomic E-state index is 0.0252. The molecule has 6 heteroatoms. The summed E-state index contributed by atoms with van der Waals surface area (Å²) in [6.07, 6.45) is -0.244. The second-order valence-electron chi connectivity index (χ2n) is 4.28. The number of ether oxygens (including phenoxy) is 2. The zero-order valence-corrected chi connectivity index (χ0v) is 11.2. The zero-order chi connectivity index (χ0) is 13.8. The minimum atomic E-state index is -1.23. The van der Waals surface area contributed by atoms with E-state index in [2.05, 4.69) is 0 Å². The Hall–Kier alpha value is -1.69. The monoisotopic (exact) mass is 282 g/mol. The van der Waals surface area contributed by atoms with Crippen LogP contribution in [0.25, 0.3) is 0 Å². The highest BCUT2D eigenvalue weighted by atomic mass is 32.2. The highest BCUT2D eigenvalue weighted by Gasteiger charge is 2.38. The van der Waals surface area contributed by atoms with Gasteiger partial charge in [0.2, 0.25) is 12.2 Å². The number of hydrogen-bond donors (Lipinski definition) is 0. The summed E-state index contributed by atoms with van der Waals surface area (Å²) >= 11 is 0. The molecule has 3 atom stereocenters. The highest BCUT2D eigenvalue weighted by Crippen LogP contribution is 2.15. The lowest BCUT2D eigenvalue weighted by atomic mass is 10.1. The fourth-order valence-corrected chi connectivity index (χ4v) is 2.43. The van der Waals surface area contributed by atoms with Crippen molar-refractivity contribution in [2.75, 3.05) is 12.0 Å². The van der Waals surface area contributed by atoms with Crippen LogP contribution in [0, 0.1) is 0 Å². The second-order valence-corrected chi connectivity index (χ2v) is 5.76. The Bertz CT molecular complexity index is 499. The molecule has 19 heavy (non-hydrogen) atoms. The number of cyclic esters (lactones) is 2. The Morgan fingerprint density at radius 1 is 1.05 bits per heavy atom. The lowest BCUT2D eigenvalue weighted by Crippen LogP contribution is -2.47. The van der Waals surface area contributed by atoms with Crippen molar-refractivity contribution in [1.82, 2.24) is 0 Å².